The van der Waals surface area contributed by atoms with Crippen LogP contribution >= 0.6 is 0 Å². The molecule has 25 heavy (non-hydrogen) atoms. The highest BCUT2D eigenvalue weighted by molar-refractivity contribution is 7.92. The lowest BCUT2D eigenvalue weighted by Gasteiger charge is -2.09. The molecule has 0 saturated heterocycles. The van der Waals surface area contributed by atoms with Crippen molar-refractivity contribution >= 4 is 27.3 Å². The molecule has 0 radical (unpaired) electrons. The van der Waals surface area contributed by atoms with Crippen LogP contribution in [0.1, 0.15) is 22.8 Å². The number of halogens is 3. The minimum atomic E-state index is -4.44. The van der Waals surface area contributed by atoms with Crippen LogP contribution in [0.3, 0.4) is 0 Å². The van der Waals surface area contributed by atoms with Gasteiger partial charge in [0.1, 0.15) is 0 Å². The van der Waals surface area contributed by atoms with E-state index in [0.29, 0.717) is 5.69 Å². The molecule has 2 aromatic rings. The summed E-state index contributed by atoms with van der Waals surface area (Å²) >= 11 is 0. The standard InChI is InChI=1S/C16H15F3N2O3S/c1-2-25(23,24)21-14-7-3-11(4-8-14)15(22)20-13-9-5-12(6-10-13)16(17,18)19/h3-10,21H,2H2,1H3,(H,20,22). The monoisotopic (exact) mass is 372 g/mol. The predicted molar refractivity (Wildman–Crippen MR) is 88.9 cm³/mol. The van der Waals surface area contributed by atoms with Crippen molar-refractivity contribution in [3.8, 4) is 0 Å². The van der Waals surface area contributed by atoms with E-state index in [1.165, 1.54) is 31.2 Å². The number of anilines is 2. The summed E-state index contributed by atoms with van der Waals surface area (Å²) in [7, 11) is -3.41. The molecular weight excluding hydrogens is 357 g/mol. The smallest absolute Gasteiger partial charge is 0.322 e. The Hall–Kier alpha value is -2.55. The number of sulfonamides is 1. The summed E-state index contributed by atoms with van der Waals surface area (Å²) in [4.78, 5) is 12.1. The van der Waals surface area contributed by atoms with Gasteiger partial charge in [0.25, 0.3) is 5.91 Å². The molecule has 9 heteroatoms. The largest absolute Gasteiger partial charge is 0.416 e. The van der Waals surface area contributed by atoms with Crippen LogP contribution in [0.4, 0.5) is 24.5 Å². The van der Waals surface area contributed by atoms with Gasteiger partial charge in [0, 0.05) is 16.9 Å². The molecule has 0 atom stereocenters. The second-order valence-corrected chi connectivity index (χ2v) is 7.12. The number of carbonyl (C=O) groups excluding carboxylic acids is 1. The lowest BCUT2D eigenvalue weighted by atomic mass is 10.1. The van der Waals surface area contributed by atoms with E-state index in [2.05, 4.69) is 10.0 Å². The summed E-state index contributed by atoms with van der Waals surface area (Å²) in [6.45, 7) is 1.49. The van der Waals surface area contributed by atoms with Gasteiger partial charge in [0.15, 0.2) is 0 Å². The minimum absolute atomic E-state index is 0.0802. The van der Waals surface area contributed by atoms with Gasteiger partial charge in [0.2, 0.25) is 10.0 Å². The van der Waals surface area contributed by atoms with E-state index >= 15 is 0 Å². The number of amides is 1. The van der Waals surface area contributed by atoms with Gasteiger partial charge >= 0.3 is 6.18 Å². The molecule has 0 fully saturated rings. The van der Waals surface area contributed by atoms with Crippen molar-refractivity contribution in [3.05, 3.63) is 59.7 Å². The number of hydrogen-bond donors (Lipinski definition) is 2. The third-order valence-electron chi connectivity index (χ3n) is 3.27. The Balaban J connectivity index is 2.06. The van der Waals surface area contributed by atoms with Gasteiger partial charge in [-0.25, -0.2) is 8.42 Å². The minimum Gasteiger partial charge on any atom is -0.322 e. The molecule has 134 valence electrons. The third-order valence-corrected chi connectivity index (χ3v) is 4.58. The second-order valence-electron chi connectivity index (χ2n) is 5.11. The fraction of sp³-hybridized carbons (Fsp3) is 0.188. The molecule has 0 heterocycles. The van der Waals surface area contributed by atoms with Gasteiger partial charge in [-0.1, -0.05) is 0 Å². The Morgan fingerprint density at radius 1 is 0.960 bits per heavy atom. The van der Waals surface area contributed by atoms with Gasteiger partial charge in [0.05, 0.1) is 11.3 Å². The van der Waals surface area contributed by atoms with Crippen LogP contribution in [0.15, 0.2) is 48.5 Å². The first-order valence-electron chi connectivity index (χ1n) is 7.20. The van der Waals surface area contributed by atoms with Crippen LogP contribution in [-0.4, -0.2) is 20.1 Å². The maximum absolute atomic E-state index is 12.5. The maximum atomic E-state index is 12.5. The zero-order chi connectivity index (χ0) is 18.7. The van der Waals surface area contributed by atoms with Crippen LogP contribution in [0.5, 0.6) is 0 Å². The van der Waals surface area contributed by atoms with Gasteiger partial charge < -0.3 is 5.32 Å². The third kappa shape index (κ3) is 5.21. The SMILES string of the molecule is CCS(=O)(=O)Nc1ccc(C(=O)Nc2ccc(C(F)(F)F)cc2)cc1. The number of rotatable bonds is 5. The number of alkyl halides is 3. The van der Waals surface area contributed by atoms with Crippen LogP contribution < -0.4 is 10.0 Å². The average Bonchev–Trinajstić information content (AvgIpc) is 2.55. The summed E-state index contributed by atoms with van der Waals surface area (Å²) in [6, 6.07) is 9.73. The Labute approximate surface area is 142 Å². The summed E-state index contributed by atoms with van der Waals surface area (Å²) < 4.78 is 62.7. The van der Waals surface area contributed by atoms with Crippen LogP contribution in [0.25, 0.3) is 0 Å². The van der Waals surface area contributed by atoms with Gasteiger partial charge in [-0.2, -0.15) is 13.2 Å². The van der Waals surface area contributed by atoms with E-state index in [1.807, 2.05) is 0 Å². The van der Waals surface area contributed by atoms with Crippen LogP contribution in [0, 0.1) is 0 Å². The molecule has 0 aromatic heterocycles. The number of benzene rings is 2. The molecule has 2 rings (SSSR count). The molecule has 0 aliphatic carbocycles. The molecule has 0 unspecified atom stereocenters. The molecule has 0 bridgehead atoms. The lowest BCUT2D eigenvalue weighted by Crippen LogP contribution is -2.15. The molecule has 0 aliphatic heterocycles. The quantitative estimate of drug-likeness (QED) is 0.840. The maximum Gasteiger partial charge on any atom is 0.416 e. The zero-order valence-electron chi connectivity index (χ0n) is 13.1. The molecule has 0 saturated carbocycles. The van der Waals surface area contributed by atoms with E-state index in [9.17, 15) is 26.4 Å². The highest BCUT2D eigenvalue weighted by Gasteiger charge is 2.29. The van der Waals surface area contributed by atoms with Gasteiger partial charge in [-0.15, -0.1) is 0 Å². The van der Waals surface area contributed by atoms with E-state index < -0.39 is 27.7 Å². The van der Waals surface area contributed by atoms with Gasteiger partial charge in [-0.3, -0.25) is 9.52 Å². The van der Waals surface area contributed by atoms with E-state index in [0.717, 1.165) is 24.3 Å². The molecule has 0 spiro atoms. The Morgan fingerprint density at radius 3 is 1.96 bits per heavy atom. The molecule has 0 aliphatic rings. The molecule has 5 nitrogen and oxygen atoms in total. The predicted octanol–water partition coefficient (Wildman–Crippen LogP) is 3.72. The highest BCUT2D eigenvalue weighted by atomic mass is 32.2. The Bertz CT molecular complexity index is 846. The zero-order valence-corrected chi connectivity index (χ0v) is 13.9. The number of carbonyl (C=O) groups is 1. The van der Waals surface area contributed by atoms with E-state index in [1.54, 1.807) is 0 Å². The Morgan fingerprint density at radius 2 is 1.48 bits per heavy atom. The van der Waals surface area contributed by atoms with Crippen molar-refractivity contribution in [1.29, 1.82) is 0 Å². The normalized spacial score (nSPS) is 11.8. The summed E-state index contributed by atoms with van der Waals surface area (Å²) in [5, 5.41) is 2.47. The molecule has 1 amide bonds. The average molecular weight is 372 g/mol. The molecular formula is C16H15F3N2O3S. The van der Waals surface area contributed by atoms with Crippen molar-refractivity contribution in [2.75, 3.05) is 15.8 Å². The fourth-order valence-electron chi connectivity index (χ4n) is 1.89. The van der Waals surface area contributed by atoms with Gasteiger partial charge in [-0.05, 0) is 55.5 Å². The summed E-state index contributed by atoms with van der Waals surface area (Å²) in [5.74, 6) is -0.604. The number of nitrogens with one attached hydrogen (secondary N) is 2. The van der Waals surface area contributed by atoms with Crippen molar-refractivity contribution in [2.45, 2.75) is 13.1 Å². The van der Waals surface area contributed by atoms with Crippen molar-refractivity contribution in [1.82, 2.24) is 0 Å². The number of hydrogen-bond acceptors (Lipinski definition) is 3. The second kappa shape index (κ2) is 7.14. The highest BCUT2D eigenvalue weighted by Crippen LogP contribution is 2.29. The van der Waals surface area contributed by atoms with Crippen molar-refractivity contribution < 1.29 is 26.4 Å². The Kier molecular flexibility index (Phi) is 5.36. The van der Waals surface area contributed by atoms with Crippen molar-refractivity contribution in [3.63, 3.8) is 0 Å². The van der Waals surface area contributed by atoms with E-state index in [4.69, 9.17) is 0 Å². The van der Waals surface area contributed by atoms with Crippen molar-refractivity contribution in [2.24, 2.45) is 0 Å². The molecule has 2 N–H and O–H groups in total. The fourth-order valence-corrected chi connectivity index (χ4v) is 2.53. The first kappa shape index (κ1) is 18.8. The lowest BCUT2D eigenvalue weighted by molar-refractivity contribution is -0.137. The first-order chi connectivity index (χ1) is 11.6. The summed E-state index contributed by atoms with van der Waals surface area (Å²) in [6.07, 6.45) is -4.44. The summed E-state index contributed by atoms with van der Waals surface area (Å²) in [5.41, 5.74) is -0.0425. The van der Waals surface area contributed by atoms with Crippen LogP contribution in [-0.2, 0) is 16.2 Å². The van der Waals surface area contributed by atoms with Crippen LogP contribution in [0.2, 0.25) is 0 Å². The topological polar surface area (TPSA) is 75.3 Å². The molecule has 2 aromatic carbocycles. The van der Waals surface area contributed by atoms with E-state index in [-0.39, 0.29) is 17.0 Å². The first-order valence-corrected chi connectivity index (χ1v) is 8.85.